The Bertz CT molecular complexity index is 177. The summed E-state index contributed by atoms with van der Waals surface area (Å²) in [7, 11) is 1.47. The average Bonchev–Trinajstić information content (AvgIpc) is 2.94. The Hall–Kier alpha value is -0.530. The van der Waals surface area contributed by atoms with Gasteiger partial charge in [0.05, 0.1) is 7.11 Å². The number of unbranched alkanes of at least 4 members (excludes halogenated alkanes) is 2. The van der Waals surface area contributed by atoms with E-state index in [9.17, 15) is 4.79 Å². The van der Waals surface area contributed by atoms with Gasteiger partial charge >= 0.3 is 5.97 Å². The van der Waals surface area contributed by atoms with Gasteiger partial charge in [-0.2, -0.15) is 0 Å². The van der Waals surface area contributed by atoms with Gasteiger partial charge in [0.1, 0.15) is 0 Å². The number of hydrogen-bond acceptors (Lipinski definition) is 2. The van der Waals surface area contributed by atoms with Crippen molar-refractivity contribution in [1.82, 2.24) is 0 Å². The van der Waals surface area contributed by atoms with Crippen LogP contribution >= 0.6 is 0 Å². The van der Waals surface area contributed by atoms with Gasteiger partial charge in [0, 0.05) is 6.42 Å². The molecule has 1 aliphatic carbocycles. The number of carbonyl (C=O) groups is 1. The number of methoxy groups -OCH3 is 1. The monoisotopic (exact) mass is 198 g/mol. The van der Waals surface area contributed by atoms with Crippen LogP contribution in [0.4, 0.5) is 0 Å². The van der Waals surface area contributed by atoms with Crippen molar-refractivity contribution in [3.63, 3.8) is 0 Å². The quantitative estimate of drug-likeness (QED) is 0.464. The van der Waals surface area contributed by atoms with E-state index >= 15 is 0 Å². The number of hydrogen-bond donors (Lipinski definition) is 0. The maximum Gasteiger partial charge on any atom is 0.305 e. The predicted octanol–water partition coefficient (Wildman–Crippen LogP) is 3.16. The molecule has 0 aromatic rings. The van der Waals surface area contributed by atoms with Crippen molar-refractivity contribution in [3.8, 4) is 0 Å². The van der Waals surface area contributed by atoms with E-state index < -0.39 is 0 Å². The molecule has 0 heterocycles. The Morgan fingerprint density at radius 1 is 1.29 bits per heavy atom. The van der Waals surface area contributed by atoms with Crippen molar-refractivity contribution in [2.24, 2.45) is 11.8 Å². The van der Waals surface area contributed by atoms with Crippen molar-refractivity contribution >= 4 is 5.97 Å². The molecule has 0 radical (unpaired) electrons. The Kier molecular flexibility index (Phi) is 4.99. The van der Waals surface area contributed by atoms with E-state index in [0.717, 1.165) is 18.3 Å². The highest BCUT2D eigenvalue weighted by molar-refractivity contribution is 5.69. The van der Waals surface area contributed by atoms with Crippen LogP contribution in [0.25, 0.3) is 0 Å². The summed E-state index contributed by atoms with van der Waals surface area (Å²) in [5.74, 6) is 1.70. The summed E-state index contributed by atoms with van der Waals surface area (Å²) in [6, 6.07) is 0. The van der Waals surface area contributed by atoms with Gasteiger partial charge in [-0.05, 0) is 24.7 Å². The molecular weight excluding hydrogens is 176 g/mol. The van der Waals surface area contributed by atoms with Crippen molar-refractivity contribution in [1.29, 1.82) is 0 Å². The van der Waals surface area contributed by atoms with E-state index in [1.165, 1.54) is 39.2 Å². The standard InChI is InChI=1S/C12H22O2/c1-3-4-5-6-10-9-11(10)7-8-12(13)14-2/h10-11H,3-9H2,1-2H3/t10-,11-/m1/s1. The second-order valence-corrected chi connectivity index (χ2v) is 4.37. The molecule has 2 nitrogen and oxygen atoms in total. The first-order valence-electron chi connectivity index (χ1n) is 5.84. The van der Waals surface area contributed by atoms with Gasteiger partial charge < -0.3 is 4.74 Å². The molecule has 0 N–H and O–H groups in total. The van der Waals surface area contributed by atoms with Gasteiger partial charge in [-0.15, -0.1) is 0 Å². The number of ether oxygens (including phenoxy) is 1. The van der Waals surface area contributed by atoms with Crippen LogP contribution in [0.2, 0.25) is 0 Å². The topological polar surface area (TPSA) is 26.3 Å². The lowest BCUT2D eigenvalue weighted by Crippen LogP contribution is -2.00. The van der Waals surface area contributed by atoms with Crippen molar-refractivity contribution in [2.75, 3.05) is 7.11 Å². The second kappa shape index (κ2) is 6.05. The second-order valence-electron chi connectivity index (χ2n) is 4.37. The molecule has 14 heavy (non-hydrogen) atoms. The highest BCUT2D eigenvalue weighted by Gasteiger charge is 2.35. The number of esters is 1. The Morgan fingerprint density at radius 2 is 2.00 bits per heavy atom. The summed E-state index contributed by atoms with van der Waals surface area (Å²) in [5.41, 5.74) is 0. The molecule has 0 unspecified atom stereocenters. The molecule has 1 rings (SSSR count). The third kappa shape index (κ3) is 4.12. The predicted molar refractivity (Wildman–Crippen MR) is 57.0 cm³/mol. The van der Waals surface area contributed by atoms with Gasteiger partial charge in [0.2, 0.25) is 0 Å². The van der Waals surface area contributed by atoms with E-state index in [1.807, 2.05) is 0 Å². The van der Waals surface area contributed by atoms with Crippen LogP contribution in [-0.2, 0) is 9.53 Å². The summed E-state index contributed by atoms with van der Waals surface area (Å²) in [6.45, 7) is 2.24. The lowest BCUT2D eigenvalue weighted by molar-refractivity contribution is -0.140. The summed E-state index contributed by atoms with van der Waals surface area (Å²) >= 11 is 0. The minimum absolute atomic E-state index is 0.0517. The van der Waals surface area contributed by atoms with Crippen molar-refractivity contribution < 1.29 is 9.53 Å². The molecule has 2 heteroatoms. The highest BCUT2D eigenvalue weighted by atomic mass is 16.5. The van der Waals surface area contributed by atoms with Gasteiger partial charge in [-0.1, -0.05) is 32.6 Å². The van der Waals surface area contributed by atoms with E-state index in [1.54, 1.807) is 0 Å². The number of rotatable bonds is 7. The summed E-state index contributed by atoms with van der Waals surface area (Å²) in [5, 5.41) is 0. The Morgan fingerprint density at radius 3 is 2.64 bits per heavy atom. The minimum Gasteiger partial charge on any atom is -0.469 e. The number of carbonyl (C=O) groups excluding carboxylic acids is 1. The zero-order chi connectivity index (χ0) is 10.4. The van der Waals surface area contributed by atoms with Gasteiger partial charge in [0.15, 0.2) is 0 Å². The molecule has 2 atom stereocenters. The molecule has 0 aromatic carbocycles. The third-order valence-corrected chi connectivity index (χ3v) is 3.19. The molecule has 1 fully saturated rings. The van der Waals surface area contributed by atoms with Gasteiger partial charge in [-0.25, -0.2) is 0 Å². The zero-order valence-electron chi connectivity index (χ0n) is 9.42. The van der Waals surface area contributed by atoms with Crippen LogP contribution < -0.4 is 0 Å². The minimum atomic E-state index is -0.0517. The normalized spacial score (nSPS) is 24.7. The van der Waals surface area contributed by atoms with Crippen LogP contribution in [0.15, 0.2) is 0 Å². The third-order valence-electron chi connectivity index (χ3n) is 3.19. The summed E-state index contributed by atoms with van der Waals surface area (Å²) in [6.07, 6.45) is 8.42. The van der Waals surface area contributed by atoms with Crippen LogP contribution in [-0.4, -0.2) is 13.1 Å². The van der Waals surface area contributed by atoms with Crippen molar-refractivity contribution in [3.05, 3.63) is 0 Å². The molecule has 0 bridgehead atoms. The maximum atomic E-state index is 10.9. The highest BCUT2D eigenvalue weighted by Crippen LogP contribution is 2.45. The van der Waals surface area contributed by atoms with Crippen LogP contribution in [0, 0.1) is 11.8 Å². The zero-order valence-corrected chi connectivity index (χ0v) is 9.42. The largest absolute Gasteiger partial charge is 0.469 e. The SMILES string of the molecule is CCCCC[C@@H]1C[C@H]1CCC(=O)OC. The molecule has 0 aromatic heterocycles. The van der Waals surface area contributed by atoms with Gasteiger partial charge in [0.25, 0.3) is 0 Å². The smallest absolute Gasteiger partial charge is 0.305 e. The van der Waals surface area contributed by atoms with Gasteiger partial charge in [-0.3, -0.25) is 4.79 Å². The first kappa shape index (κ1) is 11.5. The fourth-order valence-electron chi connectivity index (χ4n) is 2.08. The van der Waals surface area contributed by atoms with Crippen molar-refractivity contribution in [2.45, 2.75) is 51.9 Å². The molecule has 82 valence electrons. The maximum absolute atomic E-state index is 10.9. The van der Waals surface area contributed by atoms with Crippen LogP contribution in [0.1, 0.15) is 51.9 Å². The molecule has 0 spiro atoms. The molecule has 0 aliphatic heterocycles. The van der Waals surface area contributed by atoms with Crippen LogP contribution in [0.3, 0.4) is 0 Å². The van der Waals surface area contributed by atoms with Crippen LogP contribution in [0.5, 0.6) is 0 Å². The lowest BCUT2D eigenvalue weighted by Gasteiger charge is -1.99. The van der Waals surface area contributed by atoms with E-state index in [2.05, 4.69) is 11.7 Å². The first-order chi connectivity index (χ1) is 6.77. The Balaban J connectivity index is 1.94. The lowest BCUT2D eigenvalue weighted by atomic mass is 10.1. The molecule has 1 saturated carbocycles. The molecule has 0 amide bonds. The first-order valence-corrected chi connectivity index (χ1v) is 5.84. The van der Waals surface area contributed by atoms with E-state index in [-0.39, 0.29) is 5.97 Å². The average molecular weight is 198 g/mol. The van der Waals surface area contributed by atoms with E-state index in [0.29, 0.717) is 6.42 Å². The van der Waals surface area contributed by atoms with E-state index in [4.69, 9.17) is 0 Å². The fourth-order valence-corrected chi connectivity index (χ4v) is 2.08. The molecule has 0 saturated heterocycles. The fraction of sp³-hybridized carbons (Fsp3) is 0.917. The Labute approximate surface area is 87.0 Å². The molecule has 1 aliphatic rings. The molecular formula is C12H22O2. The summed E-state index contributed by atoms with van der Waals surface area (Å²) < 4.78 is 4.62. The summed E-state index contributed by atoms with van der Waals surface area (Å²) in [4.78, 5) is 10.9.